The molecule has 0 unspecified atom stereocenters. The fraction of sp³-hybridized carbons (Fsp3) is 0.541. The van der Waals surface area contributed by atoms with Gasteiger partial charge in [-0.05, 0) is 44.9 Å². The normalized spacial score (nSPS) is 14.8. The third-order valence-electron chi connectivity index (χ3n) is 7.02. The van der Waals surface area contributed by atoms with Crippen LogP contribution in [0.1, 0.15) is 58.3 Å². The molecule has 0 bridgehead atoms. The second-order valence-electron chi connectivity index (χ2n) is 10.7. The number of nitrogens with zero attached hydrogens (tertiary/aromatic N) is 2. The fourth-order valence-electron chi connectivity index (χ4n) is 4.35. The monoisotopic (exact) mass is 638 g/mol. The SMILES string of the molecule is CC/C=C\C/C=C\C/C=C\C/C=C\C/C=C\C/C=C\CCC(=O)NCCN(CCNC(=O)C=CC(=O)OC)CCN1CCOCC1. The van der Waals surface area contributed by atoms with Crippen molar-refractivity contribution in [2.45, 2.75) is 58.3 Å². The number of carbonyl (C=O) groups excluding carboxylic acids is 3. The molecule has 46 heavy (non-hydrogen) atoms. The first-order chi connectivity index (χ1) is 22.5. The number of esters is 1. The lowest BCUT2D eigenvalue weighted by molar-refractivity contribution is -0.135. The molecular weight excluding hydrogens is 580 g/mol. The van der Waals surface area contributed by atoms with Gasteiger partial charge in [-0.1, -0.05) is 79.8 Å². The van der Waals surface area contributed by atoms with E-state index in [0.29, 0.717) is 39.0 Å². The van der Waals surface area contributed by atoms with Gasteiger partial charge in [0.05, 0.1) is 20.3 Å². The summed E-state index contributed by atoms with van der Waals surface area (Å²) < 4.78 is 9.94. The van der Waals surface area contributed by atoms with E-state index < -0.39 is 5.97 Å². The van der Waals surface area contributed by atoms with Crippen LogP contribution in [0.2, 0.25) is 0 Å². The van der Waals surface area contributed by atoms with E-state index in [9.17, 15) is 14.4 Å². The van der Waals surface area contributed by atoms with Gasteiger partial charge in [-0.3, -0.25) is 19.4 Å². The van der Waals surface area contributed by atoms with E-state index in [-0.39, 0.29) is 11.8 Å². The predicted octanol–water partition coefficient (Wildman–Crippen LogP) is 5.06. The van der Waals surface area contributed by atoms with Gasteiger partial charge in [-0.25, -0.2) is 4.79 Å². The molecule has 1 aliphatic rings. The summed E-state index contributed by atoms with van der Waals surface area (Å²) in [5.41, 5.74) is 0. The molecule has 2 N–H and O–H groups in total. The smallest absolute Gasteiger partial charge is 0.330 e. The highest BCUT2D eigenvalue weighted by Gasteiger charge is 2.13. The number of hydrogen-bond donors (Lipinski definition) is 2. The van der Waals surface area contributed by atoms with E-state index in [1.807, 2.05) is 0 Å². The summed E-state index contributed by atoms with van der Waals surface area (Å²) in [5, 5.41) is 5.81. The summed E-state index contributed by atoms with van der Waals surface area (Å²) in [6, 6.07) is 0. The zero-order chi connectivity index (χ0) is 33.3. The number of nitrogens with one attached hydrogen (secondary N) is 2. The van der Waals surface area contributed by atoms with Crippen LogP contribution in [0, 0.1) is 0 Å². The molecule has 256 valence electrons. The second kappa shape index (κ2) is 30.1. The zero-order valence-electron chi connectivity index (χ0n) is 28.2. The molecule has 0 saturated carbocycles. The van der Waals surface area contributed by atoms with E-state index >= 15 is 0 Å². The van der Waals surface area contributed by atoms with Crippen LogP contribution in [0.3, 0.4) is 0 Å². The molecule has 1 saturated heterocycles. The highest BCUT2D eigenvalue weighted by atomic mass is 16.5. The first kappa shape index (κ1) is 40.5. The molecule has 2 amide bonds. The number of morpholine rings is 1. The number of carbonyl (C=O) groups is 3. The largest absolute Gasteiger partial charge is 0.466 e. The van der Waals surface area contributed by atoms with Crippen molar-refractivity contribution in [1.82, 2.24) is 20.4 Å². The van der Waals surface area contributed by atoms with Gasteiger partial charge in [0.25, 0.3) is 0 Å². The average molecular weight is 639 g/mol. The number of amides is 2. The minimum absolute atomic E-state index is 0.0360. The Labute approximate surface area is 277 Å². The van der Waals surface area contributed by atoms with Crippen LogP contribution in [0.4, 0.5) is 0 Å². The lowest BCUT2D eigenvalue weighted by Crippen LogP contribution is -2.45. The highest BCUT2D eigenvalue weighted by Crippen LogP contribution is 2.00. The van der Waals surface area contributed by atoms with Crippen molar-refractivity contribution in [3.05, 3.63) is 85.1 Å². The molecule has 1 aliphatic heterocycles. The quantitative estimate of drug-likeness (QED) is 0.0820. The van der Waals surface area contributed by atoms with Crippen molar-refractivity contribution in [2.75, 3.05) is 72.7 Å². The number of rotatable bonds is 25. The Morgan fingerprint density at radius 2 is 1.24 bits per heavy atom. The maximum absolute atomic E-state index is 12.3. The first-order valence-corrected chi connectivity index (χ1v) is 16.8. The second-order valence-corrected chi connectivity index (χ2v) is 10.7. The molecule has 0 aromatic carbocycles. The molecule has 1 heterocycles. The molecule has 0 aliphatic carbocycles. The minimum Gasteiger partial charge on any atom is -0.466 e. The van der Waals surface area contributed by atoms with Gasteiger partial charge in [0, 0.05) is 70.9 Å². The molecule has 0 aromatic rings. The highest BCUT2D eigenvalue weighted by molar-refractivity contribution is 5.94. The van der Waals surface area contributed by atoms with E-state index in [2.05, 4.69) is 105 Å². The van der Waals surface area contributed by atoms with Gasteiger partial charge in [0.15, 0.2) is 0 Å². The maximum Gasteiger partial charge on any atom is 0.330 e. The molecule has 0 atom stereocenters. The van der Waals surface area contributed by atoms with Crippen LogP contribution in [-0.2, 0) is 23.9 Å². The van der Waals surface area contributed by atoms with Crippen molar-refractivity contribution in [1.29, 1.82) is 0 Å². The number of hydrogen-bond acceptors (Lipinski definition) is 7. The molecule has 1 fully saturated rings. The molecule has 9 heteroatoms. The Bertz CT molecular complexity index is 1020. The van der Waals surface area contributed by atoms with Crippen molar-refractivity contribution >= 4 is 17.8 Å². The Balaban J connectivity index is 2.20. The average Bonchev–Trinajstić information content (AvgIpc) is 3.07. The van der Waals surface area contributed by atoms with Crippen LogP contribution in [0.5, 0.6) is 0 Å². The van der Waals surface area contributed by atoms with E-state index in [1.54, 1.807) is 0 Å². The summed E-state index contributed by atoms with van der Waals surface area (Å²) in [5.74, 6) is -0.881. The zero-order valence-corrected chi connectivity index (χ0v) is 28.2. The number of ether oxygens (including phenoxy) is 2. The third-order valence-corrected chi connectivity index (χ3v) is 7.02. The summed E-state index contributed by atoms with van der Waals surface area (Å²) >= 11 is 0. The van der Waals surface area contributed by atoms with Crippen molar-refractivity contribution < 1.29 is 23.9 Å². The predicted molar refractivity (Wildman–Crippen MR) is 188 cm³/mol. The number of methoxy groups -OCH3 is 1. The molecule has 0 aromatic heterocycles. The molecular formula is C37H58N4O5. The van der Waals surface area contributed by atoms with Crippen molar-refractivity contribution in [3.8, 4) is 0 Å². The molecule has 9 nitrogen and oxygen atoms in total. The summed E-state index contributed by atoms with van der Waals surface area (Å²) in [7, 11) is 1.26. The summed E-state index contributed by atoms with van der Waals surface area (Å²) in [4.78, 5) is 40.0. The van der Waals surface area contributed by atoms with Crippen LogP contribution in [0.15, 0.2) is 85.1 Å². The van der Waals surface area contributed by atoms with Gasteiger partial charge < -0.3 is 20.1 Å². The van der Waals surface area contributed by atoms with Crippen LogP contribution in [0.25, 0.3) is 0 Å². The van der Waals surface area contributed by atoms with Gasteiger partial charge >= 0.3 is 5.97 Å². The Kier molecular flexibility index (Phi) is 26.5. The van der Waals surface area contributed by atoms with Gasteiger partial charge in [0.2, 0.25) is 11.8 Å². The Morgan fingerprint density at radius 3 is 1.78 bits per heavy atom. The molecule has 0 radical (unpaired) electrons. The third kappa shape index (κ3) is 25.8. The molecule has 1 rings (SSSR count). The Hall–Kier alpha value is -3.53. The lowest BCUT2D eigenvalue weighted by atomic mass is 10.2. The minimum atomic E-state index is -0.571. The number of allylic oxidation sites excluding steroid dienone is 12. The lowest BCUT2D eigenvalue weighted by Gasteiger charge is -2.30. The summed E-state index contributed by atoms with van der Waals surface area (Å²) in [6.07, 6.45) is 35.3. The standard InChI is InChI=1S/C37H58N4O5/c1-3-4-5-6-7-8-9-10-11-12-13-14-15-16-17-18-19-20-21-22-35(42)38-25-27-40(29-30-41-31-33-46-34-32-41)28-26-39-36(43)23-24-37(44)45-2/h4-5,7-8,10-11,13-14,16-17,19-20,23-24H,3,6,9,12,15,18,21-22,25-34H2,1-2H3,(H,38,42)(H,39,43)/b5-4-,8-7-,11-10-,14-13-,17-16-,20-19-,24-23?. The fourth-order valence-corrected chi connectivity index (χ4v) is 4.35. The van der Waals surface area contributed by atoms with Crippen molar-refractivity contribution in [2.24, 2.45) is 0 Å². The van der Waals surface area contributed by atoms with E-state index in [0.717, 1.165) is 84.0 Å². The van der Waals surface area contributed by atoms with E-state index in [4.69, 9.17) is 4.74 Å². The van der Waals surface area contributed by atoms with Crippen molar-refractivity contribution in [3.63, 3.8) is 0 Å². The van der Waals surface area contributed by atoms with E-state index in [1.165, 1.54) is 13.2 Å². The topological polar surface area (TPSA) is 100 Å². The van der Waals surface area contributed by atoms with Crippen LogP contribution in [-0.4, -0.2) is 100 Å². The van der Waals surface area contributed by atoms with Gasteiger partial charge in [-0.2, -0.15) is 0 Å². The van der Waals surface area contributed by atoms with Crippen LogP contribution >= 0.6 is 0 Å². The Morgan fingerprint density at radius 1 is 0.717 bits per heavy atom. The maximum atomic E-state index is 12.3. The van der Waals surface area contributed by atoms with Gasteiger partial charge in [-0.15, -0.1) is 0 Å². The molecule has 0 spiro atoms. The first-order valence-electron chi connectivity index (χ1n) is 16.8. The summed E-state index contributed by atoms with van der Waals surface area (Å²) in [6.45, 7) is 9.48. The van der Waals surface area contributed by atoms with Crippen LogP contribution < -0.4 is 10.6 Å². The van der Waals surface area contributed by atoms with Gasteiger partial charge in [0.1, 0.15) is 0 Å².